The standard InChI is InChI=1S/C15H24N2O/c1-15(2)7-6-13(14(15)18)11-17(3)10-12-5-4-8-16-9-12/h4-5,8-9,13-14,18H,6-7,10-11H2,1-3H3. The second kappa shape index (κ2) is 5.37. The van der Waals surface area contributed by atoms with Gasteiger partial charge in [0.15, 0.2) is 0 Å². The molecule has 2 rings (SSSR count). The van der Waals surface area contributed by atoms with Crippen LogP contribution in [0.3, 0.4) is 0 Å². The average Bonchev–Trinajstić information content (AvgIpc) is 2.57. The summed E-state index contributed by atoms with van der Waals surface area (Å²) in [6, 6.07) is 4.06. The van der Waals surface area contributed by atoms with E-state index in [-0.39, 0.29) is 11.5 Å². The van der Waals surface area contributed by atoms with Gasteiger partial charge in [-0.1, -0.05) is 19.9 Å². The molecule has 2 unspecified atom stereocenters. The van der Waals surface area contributed by atoms with Crippen molar-refractivity contribution in [2.75, 3.05) is 13.6 Å². The average molecular weight is 248 g/mol. The maximum atomic E-state index is 10.3. The number of aromatic nitrogens is 1. The third-order valence-corrected chi connectivity index (χ3v) is 4.13. The lowest BCUT2D eigenvalue weighted by atomic mass is 9.87. The Morgan fingerprint density at radius 2 is 2.28 bits per heavy atom. The molecule has 0 bridgehead atoms. The summed E-state index contributed by atoms with van der Waals surface area (Å²) in [4.78, 5) is 6.42. The molecule has 1 aromatic heterocycles. The van der Waals surface area contributed by atoms with Gasteiger partial charge >= 0.3 is 0 Å². The summed E-state index contributed by atoms with van der Waals surface area (Å²) < 4.78 is 0. The van der Waals surface area contributed by atoms with Crippen molar-refractivity contribution in [1.82, 2.24) is 9.88 Å². The second-order valence-corrected chi connectivity index (χ2v) is 6.29. The number of rotatable bonds is 4. The lowest BCUT2D eigenvalue weighted by Gasteiger charge is -2.28. The first-order valence-electron chi connectivity index (χ1n) is 6.74. The molecular weight excluding hydrogens is 224 g/mol. The van der Waals surface area contributed by atoms with E-state index in [1.54, 1.807) is 6.20 Å². The van der Waals surface area contributed by atoms with Gasteiger partial charge in [-0.2, -0.15) is 0 Å². The summed E-state index contributed by atoms with van der Waals surface area (Å²) in [7, 11) is 2.12. The fourth-order valence-electron chi connectivity index (χ4n) is 2.96. The Hall–Kier alpha value is -0.930. The van der Waals surface area contributed by atoms with Crippen LogP contribution in [0.5, 0.6) is 0 Å². The van der Waals surface area contributed by atoms with Crippen molar-refractivity contribution in [3.8, 4) is 0 Å². The van der Waals surface area contributed by atoms with Crippen LogP contribution in [-0.4, -0.2) is 34.7 Å². The Labute approximate surface area is 110 Å². The van der Waals surface area contributed by atoms with Gasteiger partial charge in [-0.15, -0.1) is 0 Å². The summed E-state index contributed by atoms with van der Waals surface area (Å²) >= 11 is 0. The lowest BCUT2D eigenvalue weighted by Crippen LogP contribution is -2.34. The zero-order valence-electron chi connectivity index (χ0n) is 11.6. The third-order valence-electron chi connectivity index (χ3n) is 4.13. The van der Waals surface area contributed by atoms with Crippen LogP contribution in [0, 0.1) is 11.3 Å². The molecule has 3 heteroatoms. The van der Waals surface area contributed by atoms with E-state index in [2.05, 4.69) is 36.8 Å². The number of hydrogen-bond acceptors (Lipinski definition) is 3. The Morgan fingerprint density at radius 3 is 2.83 bits per heavy atom. The van der Waals surface area contributed by atoms with Gasteiger partial charge in [-0.3, -0.25) is 4.98 Å². The molecule has 1 aliphatic carbocycles. The molecule has 0 spiro atoms. The van der Waals surface area contributed by atoms with Crippen molar-refractivity contribution < 1.29 is 5.11 Å². The largest absolute Gasteiger partial charge is 0.392 e. The molecule has 18 heavy (non-hydrogen) atoms. The molecule has 0 amide bonds. The van der Waals surface area contributed by atoms with Crippen LogP contribution < -0.4 is 0 Å². The maximum absolute atomic E-state index is 10.3. The minimum Gasteiger partial charge on any atom is -0.392 e. The number of hydrogen-bond donors (Lipinski definition) is 1. The number of aliphatic hydroxyl groups excluding tert-OH is 1. The normalized spacial score (nSPS) is 26.7. The predicted octanol–water partition coefficient (Wildman–Crippen LogP) is 2.31. The van der Waals surface area contributed by atoms with Gasteiger partial charge in [-0.05, 0) is 42.9 Å². The highest BCUT2D eigenvalue weighted by atomic mass is 16.3. The Balaban J connectivity index is 1.87. The van der Waals surface area contributed by atoms with Gasteiger partial charge in [0.05, 0.1) is 6.10 Å². The summed E-state index contributed by atoms with van der Waals surface area (Å²) in [6.07, 6.45) is 5.79. The monoisotopic (exact) mass is 248 g/mol. The minimum atomic E-state index is -0.172. The minimum absolute atomic E-state index is 0.0831. The molecule has 0 saturated heterocycles. The topological polar surface area (TPSA) is 36.4 Å². The van der Waals surface area contributed by atoms with Gasteiger partial charge in [-0.25, -0.2) is 0 Å². The first kappa shape index (κ1) is 13.5. The van der Waals surface area contributed by atoms with Crippen molar-refractivity contribution in [3.63, 3.8) is 0 Å². The molecular formula is C15H24N2O. The van der Waals surface area contributed by atoms with Crippen molar-refractivity contribution in [2.45, 2.75) is 39.3 Å². The molecule has 0 radical (unpaired) electrons. The van der Waals surface area contributed by atoms with E-state index in [1.807, 2.05) is 12.3 Å². The summed E-state index contributed by atoms with van der Waals surface area (Å²) in [6.45, 7) is 6.19. The van der Waals surface area contributed by atoms with Crippen LogP contribution in [-0.2, 0) is 6.54 Å². The Morgan fingerprint density at radius 1 is 1.50 bits per heavy atom. The fourth-order valence-corrected chi connectivity index (χ4v) is 2.96. The number of pyridine rings is 1. The zero-order chi connectivity index (χ0) is 13.2. The van der Waals surface area contributed by atoms with E-state index in [1.165, 1.54) is 5.56 Å². The molecule has 0 aromatic carbocycles. The number of aliphatic hydroxyl groups is 1. The molecule has 100 valence electrons. The van der Waals surface area contributed by atoms with Gasteiger partial charge in [0.2, 0.25) is 0 Å². The van der Waals surface area contributed by atoms with Gasteiger partial charge in [0.1, 0.15) is 0 Å². The smallest absolute Gasteiger partial charge is 0.0631 e. The molecule has 1 fully saturated rings. The first-order chi connectivity index (χ1) is 8.49. The fraction of sp³-hybridized carbons (Fsp3) is 0.667. The van der Waals surface area contributed by atoms with Crippen LogP contribution in [0.1, 0.15) is 32.3 Å². The van der Waals surface area contributed by atoms with Crippen molar-refractivity contribution in [2.24, 2.45) is 11.3 Å². The van der Waals surface area contributed by atoms with E-state index < -0.39 is 0 Å². The van der Waals surface area contributed by atoms with E-state index in [0.29, 0.717) is 5.92 Å². The first-order valence-corrected chi connectivity index (χ1v) is 6.74. The highest BCUT2D eigenvalue weighted by molar-refractivity contribution is 5.08. The molecule has 1 heterocycles. The van der Waals surface area contributed by atoms with E-state index in [9.17, 15) is 5.11 Å². The van der Waals surface area contributed by atoms with E-state index in [0.717, 1.165) is 25.9 Å². The molecule has 1 aliphatic rings. The Kier molecular flexibility index (Phi) is 4.03. The molecule has 0 aliphatic heterocycles. The highest BCUT2D eigenvalue weighted by Gasteiger charge is 2.40. The second-order valence-electron chi connectivity index (χ2n) is 6.29. The van der Waals surface area contributed by atoms with Gasteiger partial charge < -0.3 is 10.0 Å². The molecule has 1 aromatic rings. The van der Waals surface area contributed by atoms with Crippen LogP contribution >= 0.6 is 0 Å². The van der Waals surface area contributed by atoms with Crippen LogP contribution in [0.4, 0.5) is 0 Å². The van der Waals surface area contributed by atoms with Crippen LogP contribution in [0.15, 0.2) is 24.5 Å². The van der Waals surface area contributed by atoms with E-state index >= 15 is 0 Å². The predicted molar refractivity (Wildman–Crippen MR) is 73.1 cm³/mol. The summed E-state index contributed by atoms with van der Waals surface area (Å²) in [5.41, 5.74) is 1.31. The van der Waals surface area contributed by atoms with E-state index in [4.69, 9.17) is 0 Å². The highest BCUT2D eigenvalue weighted by Crippen LogP contribution is 2.41. The van der Waals surface area contributed by atoms with Gasteiger partial charge in [0.25, 0.3) is 0 Å². The van der Waals surface area contributed by atoms with Crippen LogP contribution in [0.25, 0.3) is 0 Å². The van der Waals surface area contributed by atoms with Crippen LogP contribution in [0.2, 0.25) is 0 Å². The molecule has 1 saturated carbocycles. The summed E-state index contributed by atoms with van der Waals surface area (Å²) in [5, 5.41) is 10.3. The molecule has 2 atom stereocenters. The molecule has 1 N–H and O–H groups in total. The summed E-state index contributed by atoms with van der Waals surface area (Å²) in [5.74, 6) is 0.404. The van der Waals surface area contributed by atoms with Crippen molar-refractivity contribution >= 4 is 0 Å². The lowest BCUT2D eigenvalue weighted by molar-refractivity contribution is 0.0348. The van der Waals surface area contributed by atoms with Gasteiger partial charge in [0, 0.05) is 25.5 Å². The molecule has 3 nitrogen and oxygen atoms in total. The quantitative estimate of drug-likeness (QED) is 0.888. The number of nitrogens with zero attached hydrogens (tertiary/aromatic N) is 2. The Bertz CT molecular complexity index is 377. The maximum Gasteiger partial charge on any atom is 0.0631 e. The van der Waals surface area contributed by atoms with Crippen molar-refractivity contribution in [3.05, 3.63) is 30.1 Å². The SMILES string of the molecule is CN(Cc1cccnc1)CC1CCC(C)(C)C1O. The third kappa shape index (κ3) is 3.09. The zero-order valence-corrected chi connectivity index (χ0v) is 11.6. The van der Waals surface area contributed by atoms with Crippen molar-refractivity contribution in [1.29, 1.82) is 0 Å².